The van der Waals surface area contributed by atoms with E-state index in [2.05, 4.69) is 68.0 Å². The second-order valence-electron chi connectivity index (χ2n) is 7.36. The maximum Gasteiger partial charge on any atom is 0.244 e. The smallest absolute Gasteiger partial charge is 0.244 e. The molecule has 2 aromatic heterocycles. The Morgan fingerprint density at radius 3 is 2.54 bits per heavy atom. The molecule has 0 saturated carbocycles. The molecule has 3 heterocycles. The second kappa shape index (κ2) is 8.20. The number of aromatic nitrogens is 5. The quantitative estimate of drug-likeness (QED) is 0.702. The molecule has 0 radical (unpaired) electrons. The van der Waals surface area contributed by atoms with Gasteiger partial charge in [0.15, 0.2) is 0 Å². The molecule has 8 heteroatoms. The van der Waals surface area contributed by atoms with Crippen LogP contribution in [0.3, 0.4) is 0 Å². The highest BCUT2D eigenvalue weighted by Crippen LogP contribution is 2.24. The van der Waals surface area contributed by atoms with Crippen LogP contribution < -0.4 is 0 Å². The zero-order valence-electron chi connectivity index (χ0n) is 16.7. The Morgan fingerprint density at radius 1 is 1.11 bits per heavy atom. The number of piperazine rings is 1. The van der Waals surface area contributed by atoms with Gasteiger partial charge in [-0.25, -0.2) is 4.98 Å². The predicted molar refractivity (Wildman–Crippen MR) is 105 cm³/mol. The van der Waals surface area contributed by atoms with E-state index < -0.39 is 0 Å². The number of hydrogen-bond donors (Lipinski definition) is 1. The van der Waals surface area contributed by atoms with Gasteiger partial charge in [-0.05, 0) is 13.8 Å². The average molecular weight is 381 g/mol. The molecule has 8 nitrogen and oxygen atoms in total. The molecule has 1 N–H and O–H groups in total. The van der Waals surface area contributed by atoms with Crippen LogP contribution in [0.1, 0.15) is 43.0 Å². The summed E-state index contributed by atoms with van der Waals surface area (Å²) in [4.78, 5) is 13.9. The van der Waals surface area contributed by atoms with Crippen molar-refractivity contribution in [1.82, 2.24) is 35.1 Å². The van der Waals surface area contributed by atoms with E-state index in [9.17, 15) is 0 Å². The summed E-state index contributed by atoms with van der Waals surface area (Å²) < 4.78 is 5.56. The van der Waals surface area contributed by atoms with Crippen molar-refractivity contribution in [3.05, 3.63) is 47.4 Å². The van der Waals surface area contributed by atoms with Crippen molar-refractivity contribution in [3.63, 3.8) is 0 Å². The lowest BCUT2D eigenvalue weighted by Crippen LogP contribution is -2.46. The molecule has 1 atom stereocenters. The molecule has 28 heavy (non-hydrogen) atoms. The van der Waals surface area contributed by atoms with Crippen molar-refractivity contribution in [2.75, 3.05) is 26.2 Å². The molecular formula is C20H27N7O. The van der Waals surface area contributed by atoms with Gasteiger partial charge in [0.05, 0.1) is 12.6 Å². The lowest BCUT2D eigenvalue weighted by Gasteiger charge is -2.36. The van der Waals surface area contributed by atoms with Crippen LogP contribution in [0.4, 0.5) is 0 Å². The van der Waals surface area contributed by atoms with Crippen LogP contribution in [0.25, 0.3) is 11.4 Å². The highest BCUT2D eigenvalue weighted by atomic mass is 16.5. The van der Waals surface area contributed by atoms with E-state index in [1.165, 1.54) is 5.56 Å². The van der Waals surface area contributed by atoms with Gasteiger partial charge in [-0.15, -0.1) is 0 Å². The van der Waals surface area contributed by atoms with E-state index >= 15 is 0 Å². The number of rotatable bonds is 6. The van der Waals surface area contributed by atoms with Crippen LogP contribution >= 0.6 is 0 Å². The molecule has 0 spiro atoms. The van der Waals surface area contributed by atoms with Crippen LogP contribution in [-0.4, -0.2) is 61.3 Å². The first-order valence-corrected chi connectivity index (χ1v) is 9.89. The molecule has 0 aliphatic carbocycles. The average Bonchev–Trinajstić information content (AvgIpc) is 3.38. The van der Waals surface area contributed by atoms with Gasteiger partial charge in [0.25, 0.3) is 0 Å². The Bertz CT molecular complexity index is 893. The third kappa shape index (κ3) is 4.13. The first-order chi connectivity index (χ1) is 13.6. The number of aryl methyl sites for hydroxylation is 2. The monoisotopic (exact) mass is 381 g/mol. The lowest BCUT2D eigenvalue weighted by molar-refractivity contribution is 0.0832. The Balaban J connectivity index is 1.33. The fraction of sp³-hybridized carbons (Fsp3) is 0.500. The van der Waals surface area contributed by atoms with E-state index in [0.29, 0.717) is 11.7 Å². The normalized spacial score (nSPS) is 17.1. The van der Waals surface area contributed by atoms with E-state index in [0.717, 1.165) is 56.4 Å². The molecule has 0 amide bonds. The van der Waals surface area contributed by atoms with Gasteiger partial charge in [0, 0.05) is 38.2 Å². The summed E-state index contributed by atoms with van der Waals surface area (Å²) in [5.74, 6) is 3.14. The number of H-pyrrole nitrogens is 1. The van der Waals surface area contributed by atoms with Crippen LogP contribution in [0.15, 0.2) is 28.8 Å². The number of benzene rings is 1. The largest absolute Gasteiger partial charge is 0.337 e. The molecule has 1 fully saturated rings. The van der Waals surface area contributed by atoms with Crippen molar-refractivity contribution >= 4 is 0 Å². The van der Waals surface area contributed by atoms with Crippen LogP contribution in [0.2, 0.25) is 0 Å². The summed E-state index contributed by atoms with van der Waals surface area (Å²) in [6.45, 7) is 10.9. The van der Waals surface area contributed by atoms with Crippen molar-refractivity contribution in [1.29, 1.82) is 0 Å². The summed E-state index contributed by atoms with van der Waals surface area (Å²) in [7, 11) is 0. The molecule has 148 valence electrons. The highest BCUT2D eigenvalue weighted by molar-refractivity contribution is 5.54. The van der Waals surface area contributed by atoms with Gasteiger partial charge in [0.2, 0.25) is 11.7 Å². The third-order valence-electron chi connectivity index (χ3n) is 5.33. The van der Waals surface area contributed by atoms with Crippen molar-refractivity contribution in [2.45, 2.75) is 39.8 Å². The zero-order valence-corrected chi connectivity index (χ0v) is 16.7. The fourth-order valence-electron chi connectivity index (χ4n) is 3.47. The minimum Gasteiger partial charge on any atom is -0.337 e. The number of nitrogens with one attached hydrogen (secondary N) is 1. The van der Waals surface area contributed by atoms with E-state index in [1.807, 2.05) is 12.1 Å². The van der Waals surface area contributed by atoms with Crippen LogP contribution in [-0.2, 0) is 13.0 Å². The van der Waals surface area contributed by atoms with E-state index in [4.69, 9.17) is 4.52 Å². The molecular weight excluding hydrogens is 354 g/mol. The van der Waals surface area contributed by atoms with Crippen molar-refractivity contribution < 1.29 is 4.52 Å². The maximum absolute atomic E-state index is 5.56. The van der Waals surface area contributed by atoms with E-state index in [-0.39, 0.29) is 6.04 Å². The summed E-state index contributed by atoms with van der Waals surface area (Å²) in [6, 6.07) is 8.28. The molecule has 1 aliphatic rings. The van der Waals surface area contributed by atoms with Gasteiger partial charge in [-0.1, -0.05) is 41.9 Å². The van der Waals surface area contributed by atoms with Gasteiger partial charge in [-0.2, -0.15) is 10.1 Å². The molecule has 1 saturated heterocycles. The summed E-state index contributed by atoms with van der Waals surface area (Å²) in [6.07, 6.45) is 0.858. The lowest BCUT2D eigenvalue weighted by atomic mass is 10.1. The molecule has 3 aromatic rings. The van der Waals surface area contributed by atoms with Crippen LogP contribution in [0, 0.1) is 6.92 Å². The number of nitrogens with zero attached hydrogens (tertiary/aromatic N) is 6. The minimum atomic E-state index is 0.103. The van der Waals surface area contributed by atoms with Gasteiger partial charge in [-0.3, -0.25) is 14.9 Å². The summed E-state index contributed by atoms with van der Waals surface area (Å²) in [5.41, 5.74) is 2.20. The van der Waals surface area contributed by atoms with Crippen molar-refractivity contribution in [2.24, 2.45) is 0 Å². The molecule has 0 bridgehead atoms. The number of hydrogen-bond acceptors (Lipinski definition) is 7. The second-order valence-corrected chi connectivity index (χ2v) is 7.36. The minimum absolute atomic E-state index is 0.103. The van der Waals surface area contributed by atoms with Gasteiger partial charge >= 0.3 is 0 Å². The summed E-state index contributed by atoms with van der Waals surface area (Å²) >= 11 is 0. The predicted octanol–water partition coefficient (Wildman–Crippen LogP) is 2.60. The maximum atomic E-state index is 5.56. The molecule has 1 unspecified atom stereocenters. The van der Waals surface area contributed by atoms with Gasteiger partial charge < -0.3 is 4.52 Å². The zero-order chi connectivity index (χ0) is 19.5. The Morgan fingerprint density at radius 2 is 1.86 bits per heavy atom. The Kier molecular flexibility index (Phi) is 5.50. The van der Waals surface area contributed by atoms with Gasteiger partial charge in [0.1, 0.15) is 11.6 Å². The fourth-order valence-corrected chi connectivity index (χ4v) is 3.47. The molecule has 1 aromatic carbocycles. The van der Waals surface area contributed by atoms with Crippen molar-refractivity contribution in [3.8, 4) is 11.4 Å². The number of aromatic amines is 1. The third-order valence-corrected chi connectivity index (χ3v) is 5.33. The highest BCUT2D eigenvalue weighted by Gasteiger charge is 2.26. The summed E-state index contributed by atoms with van der Waals surface area (Å²) in [5, 5.41) is 11.4. The van der Waals surface area contributed by atoms with Crippen LogP contribution in [0.5, 0.6) is 0 Å². The first kappa shape index (κ1) is 18.8. The molecule has 4 rings (SSSR count). The molecule has 1 aliphatic heterocycles. The standard InChI is InChI=1S/C20H27N7O/c1-4-17-21-18(24-23-17)13-26-9-11-27(12-10-26)15(3)20-22-19(25-28-20)16-7-5-14(2)6-8-16/h5-8,15H,4,9-13H2,1-3H3,(H,21,23,24). The topological polar surface area (TPSA) is 87.0 Å². The first-order valence-electron chi connectivity index (χ1n) is 9.89. The van der Waals surface area contributed by atoms with E-state index in [1.54, 1.807) is 0 Å². The SMILES string of the molecule is CCc1n[nH]c(CN2CCN(C(C)c3nc(-c4ccc(C)cc4)no3)CC2)n1. The Hall–Kier alpha value is -2.58. The Labute approximate surface area is 165 Å².